The number of hydrogen-bond donors (Lipinski definition) is 3. The summed E-state index contributed by atoms with van der Waals surface area (Å²) in [7, 11) is -4.29. The maximum absolute atomic E-state index is 11.8. The van der Waals surface area contributed by atoms with Gasteiger partial charge in [-0.25, -0.2) is 4.79 Å². The number of β-lactam (4-membered cyclic amide) rings is 1. The molecule has 0 spiro atoms. The van der Waals surface area contributed by atoms with Gasteiger partial charge in [0.05, 0.1) is 0 Å². The molecule has 25 heavy (non-hydrogen) atoms. The number of fused-ring (bicyclic) bond motifs is 1. The third-order valence-electron chi connectivity index (χ3n) is 3.42. The average Bonchev–Trinajstić information content (AvgIpc) is 2.96. The minimum Gasteiger partial charge on any atom is -0.477 e. The van der Waals surface area contributed by atoms with Gasteiger partial charge in [-0.3, -0.25) is 14.2 Å². The highest BCUT2D eigenvalue weighted by atomic mass is 32.2. The van der Waals surface area contributed by atoms with Crippen LogP contribution in [-0.4, -0.2) is 68.0 Å². The van der Waals surface area contributed by atoms with Crippen LogP contribution < -0.4 is 5.73 Å². The average molecular weight is 408 g/mol. The van der Waals surface area contributed by atoms with Crippen molar-refractivity contribution in [1.82, 2.24) is 15.1 Å². The van der Waals surface area contributed by atoms with Crippen molar-refractivity contribution in [3.05, 3.63) is 17.2 Å². The Morgan fingerprint density at radius 3 is 2.84 bits per heavy atom. The van der Waals surface area contributed by atoms with Crippen LogP contribution in [0.3, 0.4) is 0 Å². The zero-order valence-electron chi connectivity index (χ0n) is 12.4. The summed E-state index contributed by atoms with van der Waals surface area (Å²) in [5.41, 5.74) is 6.06. The number of hydrogen-bond acceptors (Lipinski definition) is 10. The number of carbonyl (C=O) groups is 2. The Balaban J connectivity index is 1.73. The Hall–Kier alpha value is -1.61. The molecule has 0 bridgehead atoms. The second-order valence-corrected chi connectivity index (χ2v) is 8.65. The van der Waals surface area contributed by atoms with E-state index < -0.39 is 33.8 Å². The molecule has 1 amide bonds. The molecule has 1 saturated heterocycles. The first kappa shape index (κ1) is 18.2. The molecule has 4 N–H and O–H groups in total. The lowest BCUT2D eigenvalue weighted by molar-refractivity contribution is -0.147. The summed E-state index contributed by atoms with van der Waals surface area (Å²) < 4.78 is 35.3. The largest absolute Gasteiger partial charge is 0.477 e. The molecule has 11 nitrogen and oxygen atoms in total. The number of nitrogens with two attached hydrogens (primary N) is 1. The molecule has 0 radical (unpaired) electrons. The fraction of sp³-hybridized carbons (Fsp3) is 0.455. The number of amides is 1. The van der Waals surface area contributed by atoms with Crippen LogP contribution in [0.25, 0.3) is 0 Å². The van der Waals surface area contributed by atoms with Crippen LogP contribution in [0.2, 0.25) is 0 Å². The van der Waals surface area contributed by atoms with E-state index in [0.29, 0.717) is 11.3 Å². The van der Waals surface area contributed by atoms with Gasteiger partial charge in [-0.2, -0.15) is 8.42 Å². The molecule has 14 heteroatoms. The summed E-state index contributed by atoms with van der Waals surface area (Å²) in [6.45, 7) is 0. The molecule has 3 heterocycles. The van der Waals surface area contributed by atoms with E-state index in [9.17, 15) is 23.1 Å². The molecule has 2 aliphatic heterocycles. The third-order valence-corrected chi connectivity index (χ3v) is 6.29. The van der Waals surface area contributed by atoms with Crippen LogP contribution in [0.4, 0.5) is 0 Å². The van der Waals surface area contributed by atoms with E-state index in [-0.39, 0.29) is 27.9 Å². The maximum Gasteiger partial charge on any atom is 0.352 e. The number of carboxylic acid groups (broad SMARTS) is 1. The second kappa shape index (κ2) is 6.60. The molecule has 0 aliphatic carbocycles. The van der Waals surface area contributed by atoms with Gasteiger partial charge in [0.25, 0.3) is 15.3 Å². The Morgan fingerprint density at radius 1 is 1.48 bits per heavy atom. The fourth-order valence-corrected chi connectivity index (χ4v) is 4.99. The number of carbonyl (C=O) groups excluding carboxylic acids is 1. The van der Waals surface area contributed by atoms with Crippen molar-refractivity contribution < 1.29 is 32.1 Å². The summed E-state index contributed by atoms with van der Waals surface area (Å²) in [6.07, 6.45) is 0. The van der Waals surface area contributed by atoms with Crippen LogP contribution >= 0.6 is 23.5 Å². The lowest BCUT2D eigenvalue weighted by Crippen LogP contribution is -2.68. The number of carboxylic acids is 1. The summed E-state index contributed by atoms with van der Waals surface area (Å²) in [6, 6.07) is -0.701. The molecule has 0 aromatic carbocycles. The number of thioether (sulfide) groups is 2. The molecule has 1 aromatic rings. The third kappa shape index (κ3) is 3.67. The van der Waals surface area contributed by atoms with Crippen molar-refractivity contribution in [2.24, 2.45) is 5.73 Å². The van der Waals surface area contributed by atoms with Gasteiger partial charge in [-0.05, 0) is 5.57 Å². The van der Waals surface area contributed by atoms with Gasteiger partial charge in [0.1, 0.15) is 17.1 Å². The van der Waals surface area contributed by atoms with E-state index in [0.717, 1.165) is 11.8 Å². The Morgan fingerprint density at radius 2 is 2.20 bits per heavy atom. The molecule has 1 unspecified atom stereocenters. The van der Waals surface area contributed by atoms with Crippen molar-refractivity contribution in [2.75, 3.05) is 11.5 Å². The van der Waals surface area contributed by atoms with Gasteiger partial charge in [-0.15, -0.1) is 22.0 Å². The first-order chi connectivity index (χ1) is 11.7. The topological polar surface area (TPSA) is 177 Å². The normalized spacial score (nSPS) is 23.4. The Bertz CT molecular complexity index is 865. The molecule has 1 fully saturated rings. The van der Waals surface area contributed by atoms with Gasteiger partial charge < -0.3 is 15.3 Å². The lowest BCUT2D eigenvalue weighted by atomic mass is 10.0. The van der Waals surface area contributed by atoms with Gasteiger partial charge in [0, 0.05) is 11.5 Å². The van der Waals surface area contributed by atoms with E-state index in [1.165, 1.54) is 16.7 Å². The summed E-state index contributed by atoms with van der Waals surface area (Å²) in [5.74, 6) is -2.21. The van der Waals surface area contributed by atoms with Crippen molar-refractivity contribution >= 4 is 45.5 Å². The predicted molar refractivity (Wildman–Crippen MR) is 86.0 cm³/mol. The number of aromatic nitrogens is 2. The van der Waals surface area contributed by atoms with Gasteiger partial charge in [0.15, 0.2) is 5.75 Å². The zero-order chi connectivity index (χ0) is 18.4. The summed E-state index contributed by atoms with van der Waals surface area (Å²) in [4.78, 5) is 24.5. The fourth-order valence-electron chi connectivity index (χ4n) is 2.35. The van der Waals surface area contributed by atoms with E-state index in [2.05, 4.69) is 10.2 Å². The predicted octanol–water partition coefficient (Wildman–Crippen LogP) is -0.869. The van der Waals surface area contributed by atoms with Crippen LogP contribution in [0.5, 0.6) is 0 Å². The highest BCUT2D eigenvalue weighted by molar-refractivity contribution is 8.01. The van der Waals surface area contributed by atoms with E-state index in [1.54, 1.807) is 0 Å². The maximum atomic E-state index is 11.8. The van der Waals surface area contributed by atoms with E-state index in [1.807, 2.05) is 0 Å². The van der Waals surface area contributed by atoms with Gasteiger partial charge >= 0.3 is 5.97 Å². The second-order valence-electron chi connectivity index (χ2n) is 5.17. The molecule has 0 saturated carbocycles. The molecular weight excluding hydrogens is 396 g/mol. The molecule has 1 aromatic heterocycles. The van der Waals surface area contributed by atoms with Gasteiger partial charge in [0.2, 0.25) is 11.8 Å². The van der Waals surface area contributed by atoms with Crippen LogP contribution in [0.15, 0.2) is 20.9 Å². The SMILES string of the molecule is NC1C(=O)N2C(C(=O)O)=C(CSc3nnc(CS(=O)(=O)O)o3)CS[C@H]12. The Kier molecular flexibility index (Phi) is 4.80. The standard InChI is InChI=1S/C11H12N4O7S3/c12-6-8(16)15-7(10(17)18)4(1-23-9(6)15)2-24-11-14-13-5(22-11)3-25(19,20)21/h6,9H,1-3,12H2,(H,17,18)(H,19,20,21)/t6?,9-/m1/s1. The molecule has 136 valence electrons. The number of rotatable bonds is 6. The van der Waals surface area contributed by atoms with Crippen molar-refractivity contribution in [1.29, 1.82) is 0 Å². The number of aliphatic carboxylic acids is 1. The van der Waals surface area contributed by atoms with E-state index in [4.69, 9.17) is 14.7 Å². The molecule has 2 atom stereocenters. The molecular formula is C11H12N4O7S3. The van der Waals surface area contributed by atoms with Crippen LogP contribution in [0, 0.1) is 0 Å². The van der Waals surface area contributed by atoms with Crippen molar-refractivity contribution in [3.8, 4) is 0 Å². The minimum absolute atomic E-state index is 0.0228. The zero-order valence-corrected chi connectivity index (χ0v) is 14.8. The smallest absolute Gasteiger partial charge is 0.352 e. The molecule has 2 aliphatic rings. The van der Waals surface area contributed by atoms with Crippen LogP contribution in [0.1, 0.15) is 5.89 Å². The Labute approximate surface area is 149 Å². The number of nitrogens with zero attached hydrogens (tertiary/aromatic N) is 3. The van der Waals surface area contributed by atoms with Crippen LogP contribution in [-0.2, 0) is 25.5 Å². The first-order valence-corrected chi connectivity index (χ1v) is 10.4. The highest BCUT2D eigenvalue weighted by Crippen LogP contribution is 2.40. The van der Waals surface area contributed by atoms with E-state index >= 15 is 0 Å². The van der Waals surface area contributed by atoms with Crippen molar-refractivity contribution in [3.63, 3.8) is 0 Å². The lowest BCUT2D eigenvalue weighted by Gasteiger charge is -2.48. The monoisotopic (exact) mass is 408 g/mol. The summed E-state index contributed by atoms with van der Waals surface area (Å²) in [5, 5.41) is 16.2. The highest BCUT2D eigenvalue weighted by Gasteiger charge is 2.51. The minimum atomic E-state index is -4.29. The first-order valence-electron chi connectivity index (χ1n) is 6.73. The van der Waals surface area contributed by atoms with Gasteiger partial charge in [-0.1, -0.05) is 11.8 Å². The molecule has 3 rings (SSSR count). The van der Waals surface area contributed by atoms with Crippen molar-refractivity contribution in [2.45, 2.75) is 22.4 Å². The summed E-state index contributed by atoms with van der Waals surface area (Å²) >= 11 is 2.37. The quantitative estimate of drug-likeness (QED) is 0.301.